The first kappa shape index (κ1) is 22.6. The van der Waals surface area contributed by atoms with Crippen LogP contribution in [0.1, 0.15) is 34.6 Å². The van der Waals surface area contributed by atoms with Gasteiger partial charge in [-0.1, -0.05) is 48.5 Å². The van der Waals surface area contributed by atoms with Crippen LogP contribution in [0.25, 0.3) is 21.5 Å². The molecule has 0 atom stereocenters. The summed E-state index contributed by atoms with van der Waals surface area (Å²) in [5, 5.41) is 15.7. The Labute approximate surface area is 214 Å². The van der Waals surface area contributed by atoms with Crippen molar-refractivity contribution >= 4 is 27.5 Å². The number of nitrogens with one attached hydrogen (secondary N) is 2. The fourth-order valence-corrected chi connectivity index (χ4v) is 3.83. The number of rotatable bonds is 1. The molecule has 7 nitrogen and oxygen atoms in total. The predicted molar refractivity (Wildman–Crippen MR) is 108 cm³/mol. The van der Waals surface area contributed by atoms with E-state index in [2.05, 4.69) is 53.5 Å². The molecule has 30 heavy (non-hydrogen) atoms. The maximum atomic E-state index is 10.4. The largest absolute Gasteiger partial charge is 1.00 e. The van der Waals surface area contributed by atoms with Gasteiger partial charge >= 0.3 is 62.8 Å². The molecular formula is C22H18KN3O4. The van der Waals surface area contributed by atoms with Crippen LogP contribution >= 0.6 is 0 Å². The van der Waals surface area contributed by atoms with E-state index in [9.17, 15) is 19.5 Å². The maximum Gasteiger partial charge on any atom is 1.00 e. The van der Waals surface area contributed by atoms with E-state index in [1.165, 1.54) is 47.2 Å². The Morgan fingerprint density at radius 2 is 1.60 bits per heavy atom. The van der Waals surface area contributed by atoms with Crippen molar-refractivity contribution < 1.29 is 61.3 Å². The summed E-state index contributed by atoms with van der Waals surface area (Å²) in [5.41, 5.74) is 1.23. The molecule has 1 heterocycles. The molecule has 0 saturated heterocycles. The third-order valence-electron chi connectivity index (χ3n) is 5.12. The van der Waals surface area contributed by atoms with Crippen LogP contribution in [0.4, 0.5) is 0 Å². The number of nitrogens with zero attached hydrogens (tertiary/aromatic N) is 1. The minimum atomic E-state index is -1.70. The zero-order valence-corrected chi connectivity index (χ0v) is 19.7. The van der Waals surface area contributed by atoms with Gasteiger partial charge < -0.3 is 9.90 Å². The van der Waals surface area contributed by atoms with Gasteiger partial charge in [0.2, 0.25) is 0 Å². The molecule has 0 bridgehead atoms. The molecule has 1 aromatic heterocycles. The second kappa shape index (κ2) is 9.80. The molecule has 3 aromatic carbocycles. The van der Waals surface area contributed by atoms with Crippen LogP contribution in [0.5, 0.6) is 0 Å². The number of carboxylic acids is 1. The first-order valence-electron chi connectivity index (χ1n) is 9.37. The van der Waals surface area contributed by atoms with Crippen LogP contribution < -0.4 is 67.9 Å². The van der Waals surface area contributed by atoms with Crippen molar-refractivity contribution in [2.24, 2.45) is 0 Å². The van der Waals surface area contributed by atoms with Gasteiger partial charge in [0.05, 0.1) is 0 Å². The van der Waals surface area contributed by atoms with Crippen LogP contribution in [0.3, 0.4) is 0 Å². The molecule has 0 radical (unpaired) electrons. The van der Waals surface area contributed by atoms with Gasteiger partial charge in [-0.05, 0) is 58.4 Å². The summed E-state index contributed by atoms with van der Waals surface area (Å²) < 4.78 is 0. The van der Waals surface area contributed by atoms with Gasteiger partial charge in [0.25, 0.3) is 0 Å². The standard InChI is InChI=1S/C18H16.C4H3N3O4.K/c1-3-7-15-13(5-1)9-11-18-16-8-4-2-6-14(16)10-12-17(15)18;8-2(9)1-5-3(10)7-4(11)6-1;/h1,3,5,7,9-12H,2,4,6,8H2;(H,8,9)(H2,5,6,7,10,11);/q;;+1/p-1. The van der Waals surface area contributed by atoms with E-state index in [4.69, 9.17) is 0 Å². The summed E-state index contributed by atoms with van der Waals surface area (Å²) in [7, 11) is 0. The summed E-state index contributed by atoms with van der Waals surface area (Å²) in [4.78, 5) is 37.1. The number of aryl methyl sites for hydroxylation is 2. The Kier molecular flexibility index (Phi) is 7.38. The van der Waals surface area contributed by atoms with Crippen LogP contribution in [0.15, 0.2) is 58.1 Å². The van der Waals surface area contributed by atoms with Crippen molar-refractivity contribution in [2.75, 3.05) is 0 Å². The number of carboxylic acid groups (broad SMARTS) is 1. The number of aromatic nitrogens is 3. The molecule has 0 fully saturated rings. The second-order valence-corrected chi connectivity index (χ2v) is 6.92. The molecule has 0 spiro atoms. The summed E-state index contributed by atoms with van der Waals surface area (Å²) in [6.45, 7) is 0. The second-order valence-electron chi connectivity index (χ2n) is 6.92. The van der Waals surface area contributed by atoms with Crippen LogP contribution in [-0.4, -0.2) is 20.9 Å². The van der Waals surface area contributed by atoms with Gasteiger partial charge in [-0.25, -0.2) is 9.59 Å². The van der Waals surface area contributed by atoms with E-state index in [0.29, 0.717) is 0 Å². The smallest absolute Gasteiger partial charge is 0.542 e. The molecule has 146 valence electrons. The molecule has 1 aliphatic rings. The van der Waals surface area contributed by atoms with Crippen molar-refractivity contribution in [1.29, 1.82) is 0 Å². The number of hydrogen-bond donors (Lipinski definition) is 2. The molecule has 0 amide bonds. The SMILES string of the molecule is O=C([O-])c1nc(=O)[nH]c(=O)[nH]1.[K+].c1ccc2c(c1)ccc1c3c(ccc12)CCCC3. The van der Waals surface area contributed by atoms with Gasteiger partial charge in [0.15, 0.2) is 5.82 Å². The molecule has 0 unspecified atom stereocenters. The molecule has 1 aliphatic carbocycles. The zero-order valence-electron chi connectivity index (χ0n) is 16.5. The van der Waals surface area contributed by atoms with Crippen molar-refractivity contribution in [2.45, 2.75) is 25.7 Å². The van der Waals surface area contributed by atoms with Crippen molar-refractivity contribution in [1.82, 2.24) is 15.0 Å². The minimum Gasteiger partial charge on any atom is -0.542 e. The topological polar surface area (TPSA) is 119 Å². The van der Waals surface area contributed by atoms with E-state index in [1.54, 1.807) is 21.1 Å². The predicted octanol–water partition coefficient (Wildman–Crippen LogP) is -1.30. The third-order valence-corrected chi connectivity index (χ3v) is 5.12. The number of carbonyl (C=O) groups excluding carboxylic acids is 1. The van der Waals surface area contributed by atoms with Crippen molar-refractivity contribution in [3.63, 3.8) is 0 Å². The van der Waals surface area contributed by atoms with Crippen molar-refractivity contribution in [3.05, 3.63) is 86.5 Å². The maximum absolute atomic E-state index is 10.4. The number of hydrogen-bond acceptors (Lipinski definition) is 5. The summed E-state index contributed by atoms with van der Waals surface area (Å²) >= 11 is 0. The fraction of sp³-hybridized carbons (Fsp3) is 0.182. The minimum absolute atomic E-state index is 0. The first-order chi connectivity index (χ1) is 14.0. The Morgan fingerprint density at radius 1 is 0.867 bits per heavy atom. The molecular weight excluding hydrogens is 409 g/mol. The van der Waals surface area contributed by atoms with E-state index < -0.39 is 23.2 Å². The van der Waals surface area contributed by atoms with Gasteiger partial charge in [-0.2, -0.15) is 4.98 Å². The van der Waals surface area contributed by atoms with E-state index in [-0.39, 0.29) is 51.4 Å². The Morgan fingerprint density at radius 3 is 2.37 bits per heavy atom. The molecule has 2 N–H and O–H groups in total. The fourth-order valence-electron chi connectivity index (χ4n) is 3.83. The monoisotopic (exact) mass is 427 g/mol. The number of H-pyrrole nitrogens is 2. The average molecular weight is 428 g/mol. The Bertz CT molecular complexity index is 1320. The quantitative estimate of drug-likeness (QED) is 0.289. The molecule has 5 rings (SSSR count). The Hall–Kier alpha value is -2.10. The number of fused-ring (bicyclic) bond motifs is 5. The Balaban J connectivity index is 0.000000186. The van der Waals surface area contributed by atoms with Crippen LogP contribution in [-0.2, 0) is 12.8 Å². The summed E-state index contributed by atoms with van der Waals surface area (Å²) in [6.07, 6.45) is 5.22. The van der Waals surface area contributed by atoms with Gasteiger partial charge in [-0.15, -0.1) is 0 Å². The van der Waals surface area contributed by atoms with Crippen molar-refractivity contribution in [3.8, 4) is 0 Å². The number of aromatic amines is 2. The third kappa shape index (κ3) is 4.79. The van der Waals surface area contributed by atoms with E-state index in [0.717, 1.165) is 0 Å². The first-order valence-corrected chi connectivity index (χ1v) is 9.37. The summed E-state index contributed by atoms with van der Waals surface area (Å²) in [5.74, 6) is -2.48. The molecule has 4 aromatic rings. The van der Waals surface area contributed by atoms with E-state index >= 15 is 0 Å². The summed E-state index contributed by atoms with van der Waals surface area (Å²) in [6, 6.07) is 18.0. The molecule has 0 saturated carbocycles. The number of benzene rings is 3. The number of aromatic carboxylic acids is 1. The van der Waals surface area contributed by atoms with Gasteiger partial charge in [-0.3, -0.25) is 9.97 Å². The average Bonchev–Trinajstić information content (AvgIpc) is 2.73. The van der Waals surface area contributed by atoms with Crippen LogP contribution in [0.2, 0.25) is 0 Å². The number of carbonyl (C=O) groups is 1. The zero-order chi connectivity index (χ0) is 20.4. The molecule has 0 aliphatic heterocycles. The van der Waals surface area contributed by atoms with Crippen LogP contribution in [0, 0.1) is 0 Å². The van der Waals surface area contributed by atoms with E-state index in [1.807, 2.05) is 0 Å². The van der Waals surface area contributed by atoms with Gasteiger partial charge in [0, 0.05) is 0 Å². The molecule has 8 heteroatoms. The van der Waals surface area contributed by atoms with Gasteiger partial charge in [0.1, 0.15) is 5.97 Å². The normalized spacial score (nSPS) is 12.4.